The van der Waals surface area contributed by atoms with E-state index in [1.807, 2.05) is 0 Å². The molecule has 0 aliphatic carbocycles. The highest BCUT2D eigenvalue weighted by Gasteiger charge is 2.17. The van der Waals surface area contributed by atoms with E-state index in [0.717, 1.165) is 0 Å². The predicted molar refractivity (Wildman–Crippen MR) is 44.7 cm³/mol. The molecule has 0 spiro atoms. The fourth-order valence-electron chi connectivity index (χ4n) is 1.35. The molecule has 0 saturated heterocycles. The molecule has 0 amide bonds. The number of H-pyrrole nitrogens is 2. The number of phenols is 2. The van der Waals surface area contributed by atoms with Crippen molar-refractivity contribution in [3.05, 3.63) is 0 Å². The normalized spacial score (nSPS) is 11.4. The topological polar surface area (TPSA) is 124 Å². The number of benzene rings is 1. The third kappa shape index (κ3) is 0.632. The van der Waals surface area contributed by atoms with Crippen LogP contribution in [0.1, 0.15) is 0 Å². The molecule has 0 radical (unpaired) electrons. The van der Waals surface area contributed by atoms with Gasteiger partial charge in [0.05, 0.1) is 0 Å². The molecule has 0 fully saturated rings. The second-order valence-electron chi connectivity index (χ2n) is 2.77. The van der Waals surface area contributed by atoms with Gasteiger partial charge in [0.15, 0.2) is 22.5 Å². The van der Waals surface area contributed by atoms with Crippen molar-refractivity contribution in [1.29, 1.82) is 0 Å². The Kier molecular flexibility index (Phi) is 1.06. The molecule has 3 rings (SSSR count). The number of aromatic nitrogens is 6. The minimum atomic E-state index is -0.133. The van der Waals surface area contributed by atoms with Crippen LogP contribution in [-0.2, 0) is 0 Å². The summed E-state index contributed by atoms with van der Waals surface area (Å²) in [6.45, 7) is 0. The number of fused-ring (bicyclic) bond motifs is 2. The van der Waals surface area contributed by atoms with Gasteiger partial charge >= 0.3 is 0 Å². The minimum Gasteiger partial charge on any atom is -0.504 e. The van der Waals surface area contributed by atoms with Gasteiger partial charge in [-0.05, 0) is 0 Å². The van der Waals surface area contributed by atoms with Crippen molar-refractivity contribution in [2.75, 3.05) is 0 Å². The van der Waals surface area contributed by atoms with Gasteiger partial charge in [-0.3, -0.25) is 10.2 Å². The summed E-state index contributed by atoms with van der Waals surface area (Å²) in [7, 11) is 0. The Labute approximate surface area is 75.6 Å². The maximum Gasteiger partial charge on any atom is 0.173 e. The lowest BCUT2D eigenvalue weighted by Gasteiger charge is -1.96. The van der Waals surface area contributed by atoms with Gasteiger partial charge in [-0.1, -0.05) is 10.4 Å². The lowest BCUT2D eigenvalue weighted by Crippen LogP contribution is -1.78. The third-order valence-corrected chi connectivity index (χ3v) is 2.02. The van der Waals surface area contributed by atoms with Crippen molar-refractivity contribution >= 4 is 22.1 Å². The van der Waals surface area contributed by atoms with Crippen LogP contribution < -0.4 is 0 Å². The summed E-state index contributed by atoms with van der Waals surface area (Å²) in [6.07, 6.45) is 0. The van der Waals surface area contributed by atoms with Gasteiger partial charge < -0.3 is 10.2 Å². The van der Waals surface area contributed by atoms with Gasteiger partial charge in [0.1, 0.15) is 11.0 Å². The summed E-state index contributed by atoms with van der Waals surface area (Å²) in [6, 6.07) is 0. The van der Waals surface area contributed by atoms with Gasteiger partial charge in [-0.25, -0.2) is 0 Å². The Bertz CT molecular complexity index is 523. The van der Waals surface area contributed by atoms with E-state index in [4.69, 9.17) is 0 Å². The molecule has 70 valence electrons. The second-order valence-corrected chi connectivity index (χ2v) is 2.77. The van der Waals surface area contributed by atoms with Crippen molar-refractivity contribution in [3.63, 3.8) is 0 Å². The molecule has 0 bridgehead atoms. The van der Waals surface area contributed by atoms with Crippen molar-refractivity contribution in [1.82, 2.24) is 30.8 Å². The van der Waals surface area contributed by atoms with Gasteiger partial charge in [-0.15, -0.1) is 10.2 Å². The van der Waals surface area contributed by atoms with E-state index < -0.39 is 0 Å². The van der Waals surface area contributed by atoms with Gasteiger partial charge in [0.25, 0.3) is 0 Å². The summed E-state index contributed by atoms with van der Waals surface area (Å²) in [5.74, 6) is -0.266. The SMILES string of the molecule is Oc1c2nn[nH]c2c(O)c2nn[nH]c12. The standard InChI is InChI=1S/C6H4N6O2/c13-5-1-2(8-11-7-1)6(14)4-3(5)9-12-10-4/h13-14H,(H,7,8,11)(H,9,10,12). The van der Waals surface area contributed by atoms with Gasteiger partial charge in [0.2, 0.25) is 0 Å². The molecular formula is C6H4N6O2. The second kappa shape index (κ2) is 2.10. The summed E-state index contributed by atoms with van der Waals surface area (Å²) in [4.78, 5) is 0. The number of hydrogen-bond donors (Lipinski definition) is 4. The van der Waals surface area contributed by atoms with Crippen molar-refractivity contribution in [3.8, 4) is 11.5 Å². The molecule has 0 unspecified atom stereocenters. The van der Waals surface area contributed by atoms with E-state index >= 15 is 0 Å². The highest BCUT2D eigenvalue weighted by atomic mass is 16.3. The minimum absolute atomic E-state index is 0.133. The first-order valence-corrected chi connectivity index (χ1v) is 3.74. The number of phenolic OH excluding ortho intramolecular Hbond substituents is 2. The van der Waals surface area contributed by atoms with E-state index in [-0.39, 0.29) is 33.6 Å². The first-order chi connectivity index (χ1) is 6.79. The van der Waals surface area contributed by atoms with Gasteiger partial charge in [-0.2, -0.15) is 0 Å². The fourth-order valence-corrected chi connectivity index (χ4v) is 1.35. The van der Waals surface area contributed by atoms with Crippen LogP contribution in [0.2, 0.25) is 0 Å². The zero-order chi connectivity index (χ0) is 9.71. The Balaban J connectivity index is 2.72. The van der Waals surface area contributed by atoms with Crippen LogP contribution in [0.25, 0.3) is 22.1 Å². The van der Waals surface area contributed by atoms with E-state index in [1.54, 1.807) is 0 Å². The lowest BCUT2D eigenvalue weighted by molar-refractivity contribution is 0.476. The smallest absolute Gasteiger partial charge is 0.173 e. The molecule has 1 aromatic carbocycles. The zero-order valence-corrected chi connectivity index (χ0v) is 6.68. The molecule has 0 atom stereocenters. The average molecular weight is 192 g/mol. The number of nitrogens with zero attached hydrogens (tertiary/aromatic N) is 4. The van der Waals surface area contributed by atoms with E-state index in [9.17, 15) is 10.2 Å². The third-order valence-electron chi connectivity index (χ3n) is 2.02. The van der Waals surface area contributed by atoms with Crippen LogP contribution in [-0.4, -0.2) is 41.0 Å². The molecule has 8 heteroatoms. The number of aromatic amines is 2. The van der Waals surface area contributed by atoms with E-state index in [2.05, 4.69) is 30.8 Å². The first-order valence-electron chi connectivity index (χ1n) is 3.74. The molecule has 0 aliphatic heterocycles. The van der Waals surface area contributed by atoms with Crippen LogP contribution in [0.5, 0.6) is 11.5 Å². The molecule has 2 heterocycles. The molecule has 3 aromatic rings. The molecule has 0 aliphatic rings. The highest BCUT2D eigenvalue weighted by Crippen LogP contribution is 2.36. The molecule has 14 heavy (non-hydrogen) atoms. The number of aromatic hydroxyl groups is 2. The highest BCUT2D eigenvalue weighted by molar-refractivity contribution is 6.03. The van der Waals surface area contributed by atoms with E-state index in [1.165, 1.54) is 0 Å². The fraction of sp³-hybridized carbons (Fsp3) is 0. The summed E-state index contributed by atoms with van der Waals surface area (Å²) < 4.78 is 0. The maximum atomic E-state index is 9.67. The van der Waals surface area contributed by atoms with Crippen LogP contribution in [0.3, 0.4) is 0 Å². The van der Waals surface area contributed by atoms with Crippen LogP contribution in [0.4, 0.5) is 0 Å². The van der Waals surface area contributed by atoms with E-state index in [0.29, 0.717) is 0 Å². The Morgan fingerprint density at radius 1 is 0.786 bits per heavy atom. The van der Waals surface area contributed by atoms with Crippen molar-refractivity contribution in [2.24, 2.45) is 0 Å². The van der Waals surface area contributed by atoms with Crippen LogP contribution in [0, 0.1) is 0 Å². The summed E-state index contributed by atoms with van der Waals surface area (Å²) in [5.41, 5.74) is 0.843. The molecule has 8 nitrogen and oxygen atoms in total. The molecular weight excluding hydrogens is 188 g/mol. The van der Waals surface area contributed by atoms with Crippen LogP contribution in [0.15, 0.2) is 0 Å². The first kappa shape index (κ1) is 7.06. The number of hydrogen-bond acceptors (Lipinski definition) is 6. The number of nitrogens with one attached hydrogen (secondary N) is 2. The molecule has 2 aromatic heterocycles. The lowest BCUT2D eigenvalue weighted by atomic mass is 10.2. The quantitative estimate of drug-likeness (QED) is 0.360. The summed E-state index contributed by atoms with van der Waals surface area (Å²) in [5, 5.41) is 38.4. The number of rotatable bonds is 0. The molecule has 4 N–H and O–H groups in total. The monoisotopic (exact) mass is 192 g/mol. The largest absolute Gasteiger partial charge is 0.504 e. The van der Waals surface area contributed by atoms with Crippen LogP contribution >= 0.6 is 0 Å². The maximum absolute atomic E-state index is 9.67. The van der Waals surface area contributed by atoms with Gasteiger partial charge in [0, 0.05) is 0 Å². The van der Waals surface area contributed by atoms with Crippen molar-refractivity contribution in [2.45, 2.75) is 0 Å². The zero-order valence-electron chi connectivity index (χ0n) is 6.68. The average Bonchev–Trinajstić information content (AvgIpc) is 2.82. The molecule has 0 saturated carbocycles. The summed E-state index contributed by atoms with van der Waals surface area (Å²) >= 11 is 0. The predicted octanol–water partition coefficient (Wildman–Crippen LogP) is -0.360. The van der Waals surface area contributed by atoms with Crippen molar-refractivity contribution < 1.29 is 10.2 Å². The Morgan fingerprint density at radius 3 is 1.64 bits per heavy atom. The Hall–Kier alpha value is -2.38. The Morgan fingerprint density at radius 2 is 1.21 bits per heavy atom.